The second-order valence-corrected chi connectivity index (χ2v) is 7.86. The average Bonchev–Trinajstić information content (AvgIpc) is 3.38. The van der Waals surface area contributed by atoms with E-state index in [1.165, 1.54) is 24.1 Å². The van der Waals surface area contributed by atoms with Crippen molar-refractivity contribution >= 4 is 29.6 Å². The highest BCUT2D eigenvalue weighted by atomic mass is 16.6. The van der Waals surface area contributed by atoms with E-state index >= 15 is 0 Å². The van der Waals surface area contributed by atoms with Crippen molar-refractivity contribution in [2.45, 2.75) is 63.4 Å². The van der Waals surface area contributed by atoms with Crippen molar-refractivity contribution in [3.05, 3.63) is 24.2 Å². The molecule has 12 nitrogen and oxygen atoms in total. The van der Waals surface area contributed by atoms with Crippen molar-refractivity contribution in [1.82, 2.24) is 14.6 Å². The predicted octanol–water partition coefficient (Wildman–Crippen LogP) is 1.44. The summed E-state index contributed by atoms with van der Waals surface area (Å²) in [4.78, 5) is 32.3. The Balaban J connectivity index is 1.94. The summed E-state index contributed by atoms with van der Waals surface area (Å²) in [6.07, 6.45) is 1.29. The first-order valence-electron chi connectivity index (χ1n) is 11.3. The van der Waals surface area contributed by atoms with Crippen LogP contribution in [0.5, 0.6) is 0 Å². The molecule has 1 aliphatic heterocycles. The van der Waals surface area contributed by atoms with Crippen LogP contribution in [0.15, 0.2) is 23.5 Å². The molecule has 0 aromatic carbocycles. The number of anilines is 1. The van der Waals surface area contributed by atoms with E-state index in [1.54, 1.807) is 19.1 Å². The molecule has 12 heteroatoms. The van der Waals surface area contributed by atoms with Crippen LogP contribution in [-0.4, -0.2) is 81.7 Å². The van der Waals surface area contributed by atoms with Gasteiger partial charge in [0.15, 0.2) is 17.5 Å². The van der Waals surface area contributed by atoms with Crippen molar-refractivity contribution in [3.63, 3.8) is 0 Å². The van der Waals surface area contributed by atoms with Crippen LogP contribution in [-0.2, 0) is 24.6 Å². The van der Waals surface area contributed by atoms with E-state index in [-0.39, 0.29) is 12.2 Å². The number of unbranched alkanes of at least 4 members (excludes halogenated alkanes) is 2. The van der Waals surface area contributed by atoms with E-state index in [0.717, 1.165) is 19.3 Å². The molecule has 0 aliphatic carbocycles. The monoisotopic (exact) mass is 477 g/mol. The van der Waals surface area contributed by atoms with Crippen LogP contribution in [0.2, 0.25) is 0 Å². The first-order valence-corrected chi connectivity index (χ1v) is 11.3. The van der Waals surface area contributed by atoms with Gasteiger partial charge in [0.05, 0.1) is 18.9 Å². The number of amides is 1. The predicted molar refractivity (Wildman–Crippen MR) is 122 cm³/mol. The third-order valence-electron chi connectivity index (χ3n) is 5.57. The highest BCUT2D eigenvalue weighted by Crippen LogP contribution is 2.41. The van der Waals surface area contributed by atoms with E-state index in [9.17, 15) is 19.8 Å². The maximum Gasteiger partial charge on any atom is 0.412 e. The molecule has 186 valence electrons. The Kier molecular flexibility index (Phi) is 8.53. The number of aromatic nitrogens is 3. The van der Waals surface area contributed by atoms with Gasteiger partial charge in [-0.05, 0) is 18.6 Å². The Morgan fingerprint density at radius 3 is 2.82 bits per heavy atom. The average molecular weight is 478 g/mol. The Hall–Kier alpha value is -3.09. The first kappa shape index (κ1) is 25.5. The molecule has 0 radical (unpaired) electrons. The molecule has 0 bridgehead atoms. The topological polar surface area (TPSA) is 157 Å². The lowest BCUT2D eigenvalue weighted by Gasteiger charge is -2.28. The zero-order chi connectivity index (χ0) is 24.7. The van der Waals surface area contributed by atoms with Gasteiger partial charge < -0.3 is 24.4 Å². The molecule has 34 heavy (non-hydrogen) atoms. The number of ether oxygens (including phenoxy) is 3. The zero-order valence-electron chi connectivity index (χ0n) is 19.5. The summed E-state index contributed by atoms with van der Waals surface area (Å²) in [5.41, 5.74) is -0.826. The summed E-state index contributed by atoms with van der Waals surface area (Å²) in [6.45, 7) is 3.48. The normalized spacial score (nSPS) is 24.6. The molecule has 1 saturated heterocycles. The van der Waals surface area contributed by atoms with Crippen LogP contribution in [0.4, 0.5) is 10.6 Å². The Morgan fingerprint density at radius 1 is 1.35 bits per heavy atom. The van der Waals surface area contributed by atoms with Crippen LogP contribution < -0.4 is 5.32 Å². The molecule has 4 atom stereocenters. The van der Waals surface area contributed by atoms with E-state index in [0.29, 0.717) is 17.8 Å². The Labute approximate surface area is 196 Å². The number of nitrogens with zero attached hydrogens (tertiary/aromatic N) is 4. The summed E-state index contributed by atoms with van der Waals surface area (Å²) < 4.78 is 18.0. The van der Waals surface area contributed by atoms with Crippen molar-refractivity contribution < 1.29 is 34.0 Å². The molecule has 3 N–H and O–H groups in total. The van der Waals surface area contributed by atoms with E-state index in [1.807, 2.05) is 0 Å². The number of nitrogens with one attached hydrogen (secondary N) is 1. The molecule has 1 amide bonds. The number of fused-ring (bicyclic) bond motifs is 1. The molecule has 3 heterocycles. The second kappa shape index (κ2) is 11.4. The summed E-state index contributed by atoms with van der Waals surface area (Å²) >= 11 is 0. The number of rotatable bonds is 10. The highest BCUT2D eigenvalue weighted by Gasteiger charge is 2.58. The fraction of sp³-hybridized carbons (Fsp3) is 0.591. The minimum Gasteiger partial charge on any atom is -0.457 e. The SMILES string of the molecule is CCCCCOC(=O)Nc1ncnn2c([C@]3(C=NC)O[C@H](CO)[C@@H](OC(=O)CC)[C@H]3O)ccc12. The smallest absolute Gasteiger partial charge is 0.412 e. The van der Waals surface area contributed by atoms with Gasteiger partial charge in [-0.15, -0.1) is 0 Å². The fourth-order valence-corrected chi connectivity index (χ4v) is 3.90. The van der Waals surface area contributed by atoms with Crippen molar-refractivity contribution in [2.75, 3.05) is 25.6 Å². The summed E-state index contributed by atoms with van der Waals surface area (Å²) in [7, 11) is 1.50. The molecular formula is C22H31N5O7. The molecule has 0 spiro atoms. The van der Waals surface area contributed by atoms with Crippen molar-refractivity contribution in [3.8, 4) is 0 Å². The van der Waals surface area contributed by atoms with E-state index in [2.05, 4.69) is 27.3 Å². The number of aliphatic hydroxyl groups excluding tert-OH is 2. The molecule has 2 aromatic heterocycles. The maximum absolute atomic E-state index is 12.2. The molecule has 2 aromatic rings. The van der Waals surface area contributed by atoms with Crippen molar-refractivity contribution in [1.29, 1.82) is 0 Å². The summed E-state index contributed by atoms with van der Waals surface area (Å²) in [6, 6.07) is 3.27. The summed E-state index contributed by atoms with van der Waals surface area (Å²) in [5.74, 6) is -0.341. The van der Waals surface area contributed by atoms with Gasteiger partial charge >= 0.3 is 12.1 Å². The van der Waals surface area contributed by atoms with E-state index in [4.69, 9.17) is 14.2 Å². The Morgan fingerprint density at radius 2 is 2.15 bits per heavy atom. The fourth-order valence-electron chi connectivity index (χ4n) is 3.90. The number of carbonyl (C=O) groups excluding carboxylic acids is 2. The lowest BCUT2D eigenvalue weighted by Crippen LogP contribution is -2.45. The number of aliphatic imine (C=N–C) groups is 1. The number of hydrogen-bond donors (Lipinski definition) is 3. The minimum absolute atomic E-state index is 0.0983. The molecule has 0 saturated carbocycles. The van der Waals surface area contributed by atoms with Gasteiger partial charge in [0, 0.05) is 19.7 Å². The maximum atomic E-state index is 12.2. The number of hydrogen-bond acceptors (Lipinski definition) is 10. The molecule has 1 aliphatic rings. The number of carbonyl (C=O) groups is 2. The standard InChI is InChI=1S/C22H31N5O7/c1-4-6-7-10-32-21(31)26-20-14-8-9-16(27(14)25-13-24-20)22(12-23-3)19(30)18(15(11-28)34-22)33-17(29)5-2/h8-9,12-13,15,18-19,28,30H,4-7,10-11H2,1-3H3,(H,24,25,26,31)/t15-,18-,19-,22+/m1/s1. The minimum atomic E-state index is -1.58. The van der Waals surface area contributed by atoms with Gasteiger partial charge in [0.1, 0.15) is 24.1 Å². The molecular weight excluding hydrogens is 446 g/mol. The van der Waals surface area contributed by atoms with Gasteiger partial charge in [-0.1, -0.05) is 26.7 Å². The third kappa shape index (κ3) is 5.03. The zero-order valence-corrected chi connectivity index (χ0v) is 19.5. The van der Waals surface area contributed by atoms with Gasteiger partial charge in [-0.3, -0.25) is 15.1 Å². The summed E-state index contributed by atoms with van der Waals surface area (Å²) in [5, 5.41) is 27.9. The van der Waals surface area contributed by atoms with E-state index < -0.39 is 42.6 Å². The van der Waals surface area contributed by atoms with Gasteiger partial charge in [-0.25, -0.2) is 14.3 Å². The van der Waals surface area contributed by atoms with Gasteiger partial charge in [0.2, 0.25) is 0 Å². The first-order chi connectivity index (χ1) is 16.4. The number of esters is 1. The van der Waals surface area contributed by atoms with Crippen LogP contribution >= 0.6 is 0 Å². The highest BCUT2D eigenvalue weighted by molar-refractivity contribution is 5.89. The second-order valence-electron chi connectivity index (χ2n) is 7.86. The van der Waals surface area contributed by atoms with Crippen molar-refractivity contribution in [2.24, 2.45) is 4.99 Å². The lowest BCUT2D eigenvalue weighted by atomic mass is 9.92. The van der Waals surface area contributed by atoms with Crippen LogP contribution in [0, 0.1) is 0 Å². The van der Waals surface area contributed by atoms with Gasteiger partial charge in [0.25, 0.3) is 0 Å². The van der Waals surface area contributed by atoms with Gasteiger partial charge in [-0.2, -0.15) is 5.10 Å². The Bertz CT molecular complexity index is 1030. The largest absolute Gasteiger partial charge is 0.457 e. The van der Waals surface area contributed by atoms with Crippen LogP contribution in [0.3, 0.4) is 0 Å². The number of aliphatic hydroxyl groups is 2. The molecule has 0 unspecified atom stereocenters. The molecule has 1 fully saturated rings. The quantitative estimate of drug-likeness (QED) is 0.262. The van der Waals surface area contributed by atoms with Crippen LogP contribution in [0.1, 0.15) is 45.2 Å². The lowest BCUT2D eigenvalue weighted by molar-refractivity contribution is -0.156. The third-order valence-corrected chi connectivity index (χ3v) is 5.57. The molecule has 3 rings (SSSR count). The van der Waals surface area contributed by atoms with Crippen LogP contribution in [0.25, 0.3) is 5.52 Å².